The van der Waals surface area contributed by atoms with Crippen molar-refractivity contribution in [2.45, 2.75) is 126 Å². The standard InChI is InChI=1S/C48H60O22/c1-24(11-7-13-26(3)43(60)67-32-21-48(64,47(62)63)20-31(36(32)53)66-35(52)18-16-28-15-17-29(50)30(51)19-28)9-5-6-10-25(2)12-8-14-27(4)44(61)70-46-42(59)40(57)38(55)34(69-46)23-65-45-41(58)39(56)37(54)33(22-49)68-45/h5-19,31-34,36-42,45-46,49-51,53-59,64H,20-23H2,1-4H3,(H,62,63)/b6-5+,11-7+,12-8+,18-16+,24-9+,25-10+,26-13+,27-14+/t31-,32-,33-,34-,36+,37-,38-,39+,40+,41-,42-,45-,46+,48-/m1/s1. The molecule has 4 rings (SSSR count). The van der Waals surface area contributed by atoms with Gasteiger partial charge in [-0.1, -0.05) is 78.0 Å². The largest absolute Gasteiger partial charge is 0.504 e. The average Bonchev–Trinajstić information content (AvgIpc) is 3.31. The number of aromatic hydroxyl groups is 2. The van der Waals surface area contributed by atoms with E-state index in [-0.39, 0.29) is 16.9 Å². The molecule has 2 saturated heterocycles. The van der Waals surface area contributed by atoms with E-state index in [1.807, 2.05) is 0 Å². The summed E-state index contributed by atoms with van der Waals surface area (Å²) in [5.74, 6) is -5.42. The molecule has 0 amide bonds. The number of phenols is 2. The molecule has 70 heavy (non-hydrogen) atoms. The lowest BCUT2D eigenvalue weighted by molar-refractivity contribution is -0.326. The van der Waals surface area contributed by atoms with Crippen LogP contribution in [0.5, 0.6) is 11.5 Å². The summed E-state index contributed by atoms with van der Waals surface area (Å²) in [7, 11) is 0. The third kappa shape index (κ3) is 15.6. The quantitative estimate of drug-likeness (QED) is 0.0291. The molecule has 0 unspecified atom stereocenters. The van der Waals surface area contributed by atoms with E-state index in [1.165, 1.54) is 44.2 Å². The van der Waals surface area contributed by atoms with E-state index < -0.39 is 141 Å². The number of benzene rings is 1. The van der Waals surface area contributed by atoms with E-state index in [9.17, 15) is 80.5 Å². The summed E-state index contributed by atoms with van der Waals surface area (Å²) in [6, 6.07) is 3.74. The number of carboxylic acids is 1. The van der Waals surface area contributed by atoms with Crippen LogP contribution in [0.25, 0.3) is 6.08 Å². The first-order valence-electron chi connectivity index (χ1n) is 21.8. The van der Waals surface area contributed by atoms with Crippen LogP contribution in [0, 0.1) is 0 Å². The first-order chi connectivity index (χ1) is 33.0. The molecule has 0 bridgehead atoms. The van der Waals surface area contributed by atoms with Crippen LogP contribution in [0.2, 0.25) is 0 Å². The van der Waals surface area contributed by atoms with Crippen molar-refractivity contribution in [1.82, 2.24) is 0 Å². The van der Waals surface area contributed by atoms with E-state index in [0.717, 1.165) is 23.3 Å². The molecule has 3 aliphatic rings. The molecule has 1 aromatic rings. The second kappa shape index (κ2) is 25.8. The van der Waals surface area contributed by atoms with Gasteiger partial charge in [0.1, 0.15) is 67.1 Å². The van der Waals surface area contributed by atoms with Crippen molar-refractivity contribution in [2.24, 2.45) is 0 Å². The topological polar surface area (TPSA) is 366 Å². The van der Waals surface area contributed by atoms with Crippen LogP contribution in [0.4, 0.5) is 0 Å². The minimum atomic E-state index is -2.51. The summed E-state index contributed by atoms with van der Waals surface area (Å²) in [5.41, 5.74) is -0.576. The summed E-state index contributed by atoms with van der Waals surface area (Å²) in [6.45, 7) is 5.07. The number of rotatable bonds is 18. The number of phenolic OH excluding ortho intramolecular Hbond substituents is 2. The summed E-state index contributed by atoms with van der Waals surface area (Å²) in [5, 5.41) is 121. The first kappa shape index (κ1) is 56.7. The maximum atomic E-state index is 13.0. The molecule has 14 atom stereocenters. The van der Waals surface area contributed by atoms with Crippen LogP contribution in [0.15, 0.2) is 107 Å². The Labute approximate surface area is 401 Å². The van der Waals surface area contributed by atoms with Gasteiger partial charge >= 0.3 is 23.9 Å². The van der Waals surface area contributed by atoms with Crippen molar-refractivity contribution in [2.75, 3.05) is 13.2 Å². The van der Waals surface area contributed by atoms with E-state index in [4.69, 9.17) is 28.4 Å². The molecule has 2 aliphatic heterocycles. The number of aliphatic carboxylic acids is 1. The number of aliphatic hydroxyl groups is 9. The van der Waals surface area contributed by atoms with Crippen LogP contribution < -0.4 is 0 Å². The van der Waals surface area contributed by atoms with Crippen molar-refractivity contribution < 1.29 is 109 Å². The molecule has 0 radical (unpaired) electrons. The summed E-state index contributed by atoms with van der Waals surface area (Å²) >= 11 is 0. The van der Waals surface area contributed by atoms with Crippen LogP contribution >= 0.6 is 0 Å². The Balaban J connectivity index is 1.26. The van der Waals surface area contributed by atoms with Crippen molar-refractivity contribution in [3.8, 4) is 11.5 Å². The summed E-state index contributed by atoms with van der Waals surface area (Å²) < 4.78 is 32.0. The number of carbonyl (C=O) groups excluding carboxylic acids is 3. The number of hydrogen-bond donors (Lipinski definition) is 12. The Hall–Kier alpha value is -5.86. The Morgan fingerprint density at radius 1 is 0.629 bits per heavy atom. The average molecular weight is 989 g/mol. The van der Waals surface area contributed by atoms with Gasteiger partial charge in [-0.25, -0.2) is 19.2 Å². The highest BCUT2D eigenvalue weighted by Crippen LogP contribution is 2.34. The van der Waals surface area contributed by atoms with Crippen molar-refractivity contribution in [3.05, 3.63) is 113 Å². The number of ether oxygens (including phenoxy) is 6. The lowest BCUT2D eigenvalue weighted by atomic mass is 9.79. The second-order valence-electron chi connectivity index (χ2n) is 16.8. The summed E-state index contributed by atoms with van der Waals surface area (Å²) in [4.78, 5) is 50.3. The van der Waals surface area contributed by atoms with E-state index in [0.29, 0.717) is 5.56 Å². The van der Waals surface area contributed by atoms with E-state index >= 15 is 0 Å². The van der Waals surface area contributed by atoms with Gasteiger partial charge in [-0.3, -0.25) is 0 Å². The fourth-order valence-corrected chi connectivity index (χ4v) is 6.95. The van der Waals surface area contributed by atoms with Crippen molar-refractivity contribution in [3.63, 3.8) is 0 Å². The van der Waals surface area contributed by atoms with Gasteiger partial charge in [-0.15, -0.1) is 0 Å². The summed E-state index contributed by atoms with van der Waals surface area (Å²) in [6.07, 6.45) is -4.49. The number of allylic oxidation sites excluding steroid dienone is 12. The van der Waals surface area contributed by atoms with Gasteiger partial charge in [-0.05, 0) is 51.5 Å². The third-order valence-electron chi connectivity index (χ3n) is 11.2. The van der Waals surface area contributed by atoms with E-state index in [1.54, 1.807) is 62.5 Å². The minimum Gasteiger partial charge on any atom is -0.504 e. The molecule has 3 fully saturated rings. The zero-order valence-corrected chi connectivity index (χ0v) is 38.4. The first-order valence-corrected chi connectivity index (χ1v) is 21.8. The molecule has 1 aromatic carbocycles. The molecule has 22 nitrogen and oxygen atoms in total. The molecular formula is C48H60O22. The Bertz CT molecular complexity index is 2260. The molecule has 0 spiro atoms. The van der Waals surface area contributed by atoms with Gasteiger partial charge in [0, 0.05) is 30.1 Å². The highest BCUT2D eigenvalue weighted by Gasteiger charge is 2.53. The van der Waals surface area contributed by atoms with Crippen LogP contribution in [0.3, 0.4) is 0 Å². The smallest absolute Gasteiger partial charge is 0.336 e. The fourth-order valence-electron chi connectivity index (χ4n) is 6.95. The molecule has 0 aromatic heterocycles. The van der Waals surface area contributed by atoms with Gasteiger partial charge in [0.15, 0.2) is 23.4 Å². The maximum absolute atomic E-state index is 13.0. The third-order valence-corrected chi connectivity index (χ3v) is 11.2. The lowest BCUT2D eigenvalue weighted by Crippen LogP contribution is -2.61. The Kier molecular flexibility index (Phi) is 20.9. The normalized spacial score (nSPS) is 32.7. The number of aliphatic hydroxyl groups excluding tert-OH is 8. The molecule has 12 N–H and O–H groups in total. The van der Waals surface area contributed by atoms with E-state index in [2.05, 4.69) is 0 Å². The molecule has 1 aliphatic carbocycles. The van der Waals surface area contributed by atoms with Gasteiger partial charge in [0.25, 0.3) is 0 Å². The predicted molar refractivity (Wildman–Crippen MR) is 241 cm³/mol. The van der Waals surface area contributed by atoms with Crippen LogP contribution in [0.1, 0.15) is 46.1 Å². The monoisotopic (exact) mass is 988 g/mol. The van der Waals surface area contributed by atoms with Gasteiger partial charge < -0.3 is 89.7 Å². The molecule has 22 heteroatoms. The zero-order valence-electron chi connectivity index (χ0n) is 38.4. The SMILES string of the molecule is CC(/C=C/C=C(\C)C(=O)O[C@@H]1O[C@H](CO[C@@H]2O[C@H](CO)[C@@H](O)[C@H](O)[C@H]2O)[C@@H](O)[C@H](O)[C@H]1O)=C\C=C\C=C(C)\C=C\C=C(/C)C(=O)O[C@@H]1C[C@@](O)(C(=O)O)C[C@@H](OC(=O)/C=C/c2ccc(O)c(O)c2)[C@@H]1O. The highest BCUT2D eigenvalue weighted by atomic mass is 16.7. The molecule has 1 saturated carbocycles. The number of esters is 3. The van der Waals surface area contributed by atoms with Crippen LogP contribution in [-0.2, 0) is 47.6 Å². The van der Waals surface area contributed by atoms with Gasteiger partial charge in [0.05, 0.1) is 13.2 Å². The molecule has 2 heterocycles. The maximum Gasteiger partial charge on any atom is 0.336 e. The lowest BCUT2D eigenvalue weighted by Gasteiger charge is -2.42. The zero-order chi connectivity index (χ0) is 52.0. The molecule has 384 valence electrons. The minimum absolute atomic E-state index is 0.0538. The van der Waals surface area contributed by atoms with Crippen molar-refractivity contribution in [1.29, 1.82) is 0 Å². The van der Waals surface area contributed by atoms with Crippen molar-refractivity contribution >= 4 is 30.0 Å². The van der Waals surface area contributed by atoms with Gasteiger partial charge in [-0.2, -0.15) is 0 Å². The van der Waals surface area contributed by atoms with Crippen LogP contribution in [-0.4, -0.2) is 184 Å². The van der Waals surface area contributed by atoms with Gasteiger partial charge in [0.2, 0.25) is 6.29 Å². The predicted octanol–water partition coefficient (Wildman–Crippen LogP) is -0.474. The number of hydrogen-bond acceptors (Lipinski definition) is 21. The Morgan fingerprint density at radius 3 is 1.69 bits per heavy atom. The highest BCUT2D eigenvalue weighted by molar-refractivity contribution is 5.89. The fraction of sp³-hybridized carbons (Fsp3) is 0.458. The Morgan fingerprint density at radius 2 is 1.14 bits per heavy atom. The number of carbonyl (C=O) groups is 4. The number of carboxylic acid groups (broad SMARTS) is 1. The second-order valence-corrected chi connectivity index (χ2v) is 16.8. The molecular weight excluding hydrogens is 929 g/mol.